The van der Waals surface area contributed by atoms with E-state index in [1.165, 1.54) is 50.5 Å². The van der Waals surface area contributed by atoms with Crippen molar-refractivity contribution in [3.63, 3.8) is 0 Å². The van der Waals surface area contributed by atoms with Crippen molar-refractivity contribution in [3.05, 3.63) is 22.4 Å². The maximum Gasteiger partial charge on any atom is 0.169 e. The van der Waals surface area contributed by atoms with Crippen LogP contribution < -0.4 is 5.32 Å². The number of thiophene rings is 1. The van der Waals surface area contributed by atoms with Crippen LogP contribution in [0.4, 0.5) is 0 Å². The van der Waals surface area contributed by atoms with Gasteiger partial charge in [-0.05, 0) is 60.3 Å². The first kappa shape index (κ1) is 13.4. The molecule has 0 radical (unpaired) electrons. The average molecular weight is 294 g/mol. The zero-order valence-corrected chi connectivity index (χ0v) is 12.9. The fourth-order valence-electron chi connectivity index (χ4n) is 2.84. The second-order valence-electron chi connectivity index (χ2n) is 5.78. The Bertz CT molecular complexity index is 406. The molecule has 0 spiro atoms. The highest BCUT2D eigenvalue weighted by Crippen LogP contribution is 2.29. The molecule has 104 valence electrons. The number of nitrogens with one attached hydrogen (secondary N) is 1. The molecule has 0 amide bonds. The van der Waals surface area contributed by atoms with Crippen molar-refractivity contribution in [3.8, 4) is 0 Å². The molecule has 0 unspecified atom stereocenters. The van der Waals surface area contributed by atoms with Gasteiger partial charge in [-0.2, -0.15) is 11.3 Å². The predicted molar refractivity (Wildman–Crippen MR) is 85.5 cm³/mol. The van der Waals surface area contributed by atoms with E-state index < -0.39 is 0 Å². The topological polar surface area (TPSA) is 15.3 Å². The number of nitrogens with zero attached hydrogens (tertiary/aromatic N) is 1. The van der Waals surface area contributed by atoms with E-state index in [0.717, 1.165) is 11.7 Å². The van der Waals surface area contributed by atoms with Crippen LogP contribution in [0.15, 0.2) is 16.8 Å². The number of hydrogen-bond donors (Lipinski definition) is 1. The number of rotatable bonds is 4. The highest BCUT2D eigenvalue weighted by molar-refractivity contribution is 7.80. The van der Waals surface area contributed by atoms with Gasteiger partial charge in [-0.15, -0.1) is 0 Å². The van der Waals surface area contributed by atoms with E-state index in [1.807, 2.05) is 0 Å². The summed E-state index contributed by atoms with van der Waals surface area (Å²) in [5.41, 5.74) is 1.39. The average Bonchev–Trinajstić information content (AvgIpc) is 3.14. The fourth-order valence-corrected chi connectivity index (χ4v) is 3.88. The summed E-state index contributed by atoms with van der Waals surface area (Å²) < 4.78 is 0. The lowest BCUT2D eigenvalue weighted by Gasteiger charge is -2.30. The molecule has 3 rings (SSSR count). The van der Waals surface area contributed by atoms with Gasteiger partial charge in [-0.1, -0.05) is 19.3 Å². The van der Waals surface area contributed by atoms with E-state index in [-0.39, 0.29) is 0 Å². The second kappa shape index (κ2) is 6.23. The summed E-state index contributed by atoms with van der Waals surface area (Å²) in [5.74, 6) is 0. The SMILES string of the molecule is S=C(NC1CCCCC1)N(Cc1ccsc1)C1CC1. The smallest absolute Gasteiger partial charge is 0.169 e. The Labute approximate surface area is 125 Å². The third kappa shape index (κ3) is 3.69. The summed E-state index contributed by atoms with van der Waals surface area (Å²) in [4.78, 5) is 2.41. The first-order chi connectivity index (χ1) is 9.33. The van der Waals surface area contributed by atoms with Crippen molar-refractivity contribution >= 4 is 28.7 Å². The van der Waals surface area contributed by atoms with E-state index >= 15 is 0 Å². The first-order valence-electron chi connectivity index (χ1n) is 7.41. The fraction of sp³-hybridized carbons (Fsp3) is 0.667. The maximum atomic E-state index is 5.66. The molecule has 0 atom stereocenters. The van der Waals surface area contributed by atoms with Crippen molar-refractivity contribution in [2.75, 3.05) is 0 Å². The predicted octanol–water partition coefficient (Wildman–Crippen LogP) is 3.92. The Hall–Kier alpha value is -0.610. The molecule has 1 aromatic rings. The molecule has 4 heteroatoms. The van der Waals surface area contributed by atoms with Gasteiger partial charge in [0.15, 0.2) is 5.11 Å². The van der Waals surface area contributed by atoms with E-state index in [9.17, 15) is 0 Å². The number of thiocarbonyl (C=S) groups is 1. The van der Waals surface area contributed by atoms with E-state index in [4.69, 9.17) is 12.2 Å². The second-order valence-corrected chi connectivity index (χ2v) is 6.94. The lowest BCUT2D eigenvalue weighted by atomic mass is 9.96. The zero-order valence-electron chi connectivity index (χ0n) is 11.3. The molecule has 0 bridgehead atoms. The minimum absolute atomic E-state index is 0.616. The Morgan fingerprint density at radius 2 is 2.05 bits per heavy atom. The lowest BCUT2D eigenvalue weighted by Crippen LogP contribution is -2.45. The van der Waals surface area contributed by atoms with Gasteiger partial charge >= 0.3 is 0 Å². The summed E-state index contributed by atoms with van der Waals surface area (Å²) in [6.07, 6.45) is 9.29. The van der Waals surface area contributed by atoms with Crippen LogP contribution in [0.1, 0.15) is 50.5 Å². The summed E-state index contributed by atoms with van der Waals surface area (Å²) in [6.45, 7) is 0.979. The molecule has 2 aliphatic rings. The van der Waals surface area contributed by atoms with Gasteiger partial charge in [0, 0.05) is 18.6 Å². The molecule has 1 N–H and O–H groups in total. The van der Waals surface area contributed by atoms with E-state index in [0.29, 0.717) is 12.1 Å². The van der Waals surface area contributed by atoms with Crippen LogP contribution in [0.3, 0.4) is 0 Å². The molecule has 2 nitrogen and oxygen atoms in total. The molecule has 19 heavy (non-hydrogen) atoms. The van der Waals surface area contributed by atoms with Gasteiger partial charge in [0.2, 0.25) is 0 Å². The van der Waals surface area contributed by atoms with E-state index in [1.54, 1.807) is 11.3 Å². The maximum absolute atomic E-state index is 5.66. The molecule has 0 saturated heterocycles. The molecule has 1 aromatic heterocycles. The van der Waals surface area contributed by atoms with Crippen LogP contribution in [-0.4, -0.2) is 22.1 Å². The van der Waals surface area contributed by atoms with Gasteiger partial charge in [0.25, 0.3) is 0 Å². The van der Waals surface area contributed by atoms with Gasteiger partial charge in [0.1, 0.15) is 0 Å². The highest BCUT2D eigenvalue weighted by Gasteiger charge is 2.31. The first-order valence-corrected chi connectivity index (χ1v) is 8.76. The Morgan fingerprint density at radius 1 is 1.26 bits per heavy atom. The van der Waals surface area contributed by atoms with Gasteiger partial charge < -0.3 is 10.2 Å². The third-order valence-corrected chi connectivity index (χ3v) is 5.20. The summed E-state index contributed by atoms with van der Waals surface area (Å²) >= 11 is 7.43. The Morgan fingerprint density at radius 3 is 2.68 bits per heavy atom. The molecule has 2 saturated carbocycles. The molecule has 2 aliphatic carbocycles. The van der Waals surface area contributed by atoms with Crippen LogP contribution in [0, 0.1) is 0 Å². The molecular formula is C15H22N2S2. The Kier molecular flexibility index (Phi) is 4.38. The molecular weight excluding hydrogens is 272 g/mol. The minimum Gasteiger partial charge on any atom is -0.360 e. The van der Waals surface area contributed by atoms with Crippen LogP contribution in [-0.2, 0) is 6.54 Å². The van der Waals surface area contributed by atoms with Gasteiger partial charge in [-0.3, -0.25) is 0 Å². The van der Waals surface area contributed by atoms with Crippen molar-refractivity contribution in [2.45, 2.75) is 63.6 Å². The van der Waals surface area contributed by atoms with Crippen LogP contribution >= 0.6 is 23.6 Å². The quantitative estimate of drug-likeness (QED) is 0.847. The van der Waals surface area contributed by atoms with Crippen LogP contribution in [0.25, 0.3) is 0 Å². The summed E-state index contributed by atoms with van der Waals surface area (Å²) in [5, 5.41) is 8.99. The van der Waals surface area contributed by atoms with Crippen molar-refractivity contribution < 1.29 is 0 Å². The number of hydrogen-bond acceptors (Lipinski definition) is 2. The molecule has 0 aromatic carbocycles. The zero-order chi connectivity index (χ0) is 13.1. The largest absolute Gasteiger partial charge is 0.360 e. The van der Waals surface area contributed by atoms with Crippen molar-refractivity contribution in [2.24, 2.45) is 0 Å². The standard InChI is InChI=1S/C15H22N2S2/c18-15(16-13-4-2-1-3-5-13)17(14-6-7-14)10-12-8-9-19-11-12/h8-9,11,13-14H,1-7,10H2,(H,16,18). The van der Waals surface area contributed by atoms with Crippen LogP contribution in [0.2, 0.25) is 0 Å². The van der Waals surface area contributed by atoms with Crippen molar-refractivity contribution in [1.29, 1.82) is 0 Å². The van der Waals surface area contributed by atoms with E-state index in [2.05, 4.69) is 27.0 Å². The van der Waals surface area contributed by atoms with Crippen LogP contribution in [0.5, 0.6) is 0 Å². The third-order valence-electron chi connectivity index (χ3n) is 4.11. The summed E-state index contributed by atoms with van der Waals surface area (Å²) in [7, 11) is 0. The molecule has 2 fully saturated rings. The minimum atomic E-state index is 0.616. The highest BCUT2D eigenvalue weighted by atomic mass is 32.1. The lowest BCUT2D eigenvalue weighted by molar-refractivity contribution is 0.361. The normalized spacial score (nSPS) is 20.2. The monoisotopic (exact) mass is 294 g/mol. The Balaban J connectivity index is 1.57. The molecule has 0 aliphatic heterocycles. The molecule has 1 heterocycles. The van der Waals surface area contributed by atoms with Gasteiger partial charge in [-0.25, -0.2) is 0 Å². The van der Waals surface area contributed by atoms with Crippen molar-refractivity contribution in [1.82, 2.24) is 10.2 Å². The summed E-state index contributed by atoms with van der Waals surface area (Å²) in [6, 6.07) is 3.51. The van der Waals surface area contributed by atoms with Gasteiger partial charge in [0.05, 0.1) is 0 Å².